The number of hydrogen-bond acceptors (Lipinski definition) is 3. The van der Waals surface area contributed by atoms with E-state index in [1.807, 2.05) is 6.92 Å². The number of alkyl halides is 2. The van der Waals surface area contributed by atoms with Gasteiger partial charge in [-0.1, -0.05) is 6.42 Å². The monoisotopic (exact) mass is 293 g/mol. The third-order valence-electron chi connectivity index (χ3n) is 3.74. The lowest BCUT2D eigenvalue weighted by Gasteiger charge is -2.40. The summed E-state index contributed by atoms with van der Waals surface area (Å²) in [4.78, 5) is 23.1. The van der Waals surface area contributed by atoms with E-state index >= 15 is 0 Å². The minimum atomic E-state index is -2.77. The number of hydrogen-bond donors (Lipinski definition) is 2. The number of rotatable bonds is 9. The first-order chi connectivity index (χ1) is 9.41. The number of halogens is 2. The van der Waals surface area contributed by atoms with Crippen LogP contribution < -0.4 is 5.32 Å². The van der Waals surface area contributed by atoms with Gasteiger partial charge in [0.2, 0.25) is 12.3 Å². The Labute approximate surface area is 116 Å². The molecule has 0 bridgehead atoms. The van der Waals surface area contributed by atoms with E-state index < -0.39 is 36.2 Å². The molecule has 0 saturated heterocycles. The van der Waals surface area contributed by atoms with Gasteiger partial charge in [-0.15, -0.1) is 0 Å². The number of ether oxygens (including phenoxy) is 1. The maximum Gasteiger partial charge on any atom is 0.326 e. The first-order valence-electron chi connectivity index (χ1n) is 6.81. The van der Waals surface area contributed by atoms with Crippen molar-refractivity contribution >= 4 is 11.9 Å². The molecule has 2 N–H and O–H groups in total. The van der Waals surface area contributed by atoms with Crippen LogP contribution in [0.25, 0.3) is 0 Å². The minimum Gasteiger partial charge on any atom is -0.480 e. The zero-order valence-electron chi connectivity index (χ0n) is 11.5. The molecule has 1 aliphatic rings. The van der Waals surface area contributed by atoms with Crippen molar-refractivity contribution in [3.05, 3.63) is 0 Å². The fourth-order valence-corrected chi connectivity index (χ4v) is 2.32. The van der Waals surface area contributed by atoms with Crippen LogP contribution in [0.5, 0.6) is 0 Å². The summed E-state index contributed by atoms with van der Waals surface area (Å²) in [5.41, 5.74) is -0.648. The maximum atomic E-state index is 12.3. The second-order valence-electron chi connectivity index (χ2n) is 5.07. The van der Waals surface area contributed by atoms with Crippen LogP contribution in [0.15, 0.2) is 0 Å². The summed E-state index contributed by atoms with van der Waals surface area (Å²) in [5, 5.41) is 11.1. The predicted molar refractivity (Wildman–Crippen MR) is 67.6 cm³/mol. The Bertz CT molecular complexity index is 345. The van der Waals surface area contributed by atoms with Crippen LogP contribution >= 0.6 is 0 Å². The van der Waals surface area contributed by atoms with Gasteiger partial charge in [-0.25, -0.2) is 13.6 Å². The number of carbonyl (C=O) groups excluding carboxylic acids is 1. The minimum absolute atomic E-state index is 0.413. The van der Waals surface area contributed by atoms with E-state index in [9.17, 15) is 18.4 Å². The van der Waals surface area contributed by atoms with Crippen molar-refractivity contribution in [2.24, 2.45) is 5.41 Å². The van der Waals surface area contributed by atoms with Gasteiger partial charge in [0.05, 0.1) is 5.41 Å². The Morgan fingerprint density at radius 1 is 1.40 bits per heavy atom. The van der Waals surface area contributed by atoms with Gasteiger partial charge in [0.15, 0.2) is 0 Å². The summed E-state index contributed by atoms with van der Waals surface area (Å²) >= 11 is 0. The van der Waals surface area contributed by atoms with Crippen LogP contribution in [0, 0.1) is 5.41 Å². The molecule has 1 rings (SSSR count). The van der Waals surface area contributed by atoms with E-state index in [1.54, 1.807) is 0 Å². The average Bonchev–Trinajstić information content (AvgIpc) is 2.30. The molecule has 0 aromatic rings. The summed E-state index contributed by atoms with van der Waals surface area (Å²) in [6.07, 6.45) is -0.973. The number of carboxylic acid groups (broad SMARTS) is 1. The first kappa shape index (κ1) is 16.8. The van der Waals surface area contributed by atoms with Gasteiger partial charge in [0, 0.05) is 19.6 Å². The Morgan fingerprint density at radius 2 is 2.05 bits per heavy atom. The molecule has 5 nitrogen and oxygen atoms in total. The fraction of sp³-hybridized carbons (Fsp3) is 0.846. The molecule has 1 amide bonds. The van der Waals surface area contributed by atoms with Crippen LogP contribution in [0.3, 0.4) is 0 Å². The van der Waals surface area contributed by atoms with Crippen LogP contribution in [0.1, 0.15) is 39.0 Å². The summed E-state index contributed by atoms with van der Waals surface area (Å²) in [6, 6.07) is -1.54. The molecule has 1 fully saturated rings. The van der Waals surface area contributed by atoms with Crippen molar-refractivity contribution < 1.29 is 28.2 Å². The maximum absolute atomic E-state index is 12.3. The van der Waals surface area contributed by atoms with E-state index in [-0.39, 0.29) is 0 Å². The summed E-state index contributed by atoms with van der Waals surface area (Å²) < 4.78 is 29.8. The van der Waals surface area contributed by atoms with Crippen molar-refractivity contribution in [3.63, 3.8) is 0 Å². The van der Waals surface area contributed by atoms with E-state index in [2.05, 4.69) is 5.32 Å². The zero-order valence-corrected chi connectivity index (χ0v) is 11.5. The molecule has 116 valence electrons. The smallest absolute Gasteiger partial charge is 0.326 e. The van der Waals surface area contributed by atoms with Crippen molar-refractivity contribution in [1.29, 1.82) is 0 Å². The Balaban J connectivity index is 2.58. The van der Waals surface area contributed by atoms with Crippen LogP contribution in [0.4, 0.5) is 8.78 Å². The highest BCUT2D eigenvalue weighted by molar-refractivity contribution is 5.88. The normalized spacial score (nSPS) is 18.4. The topological polar surface area (TPSA) is 75.6 Å². The molecule has 0 spiro atoms. The van der Waals surface area contributed by atoms with Gasteiger partial charge >= 0.3 is 5.97 Å². The van der Waals surface area contributed by atoms with Gasteiger partial charge in [0.1, 0.15) is 6.04 Å². The molecule has 1 aliphatic carbocycles. The fourth-order valence-electron chi connectivity index (χ4n) is 2.32. The zero-order chi connectivity index (χ0) is 15.2. The van der Waals surface area contributed by atoms with Crippen LogP contribution in [0.2, 0.25) is 0 Å². The number of nitrogens with one attached hydrogen (secondary N) is 1. The lowest BCUT2D eigenvalue weighted by atomic mass is 9.66. The van der Waals surface area contributed by atoms with E-state index in [0.717, 1.165) is 6.42 Å². The molecule has 0 aromatic heterocycles. The Kier molecular flexibility index (Phi) is 6.32. The van der Waals surface area contributed by atoms with Gasteiger partial charge in [-0.05, 0) is 26.2 Å². The highest BCUT2D eigenvalue weighted by Gasteiger charge is 2.44. The molecular weight excluding hydrogens is 272 g/mol. The molecule has 0 aromatic carbocycles. The van der Waals surface area contributed by atoms with Crippen molar-refractivity contribution in [3.8, 4) is 0 Å². The van der Waals surface area contributed by atoms with Crippen molar-refractivity contribution in [1.82, 2.24) is 5.32 Å². The SMILES string of the molecule is CCOCCC1(C(=O)NC(CC(F)F)C(=O)O)CCC1. The third-order valence-corrected chi connectivity index (χ3v) is 3.74. The first-order valence-corrected chi connectivity index (χ1v) is 6.81. The molecule has 7 heteroatoms. The third kappa shape index (κ3) is 4.40. The van der Waals surface area contributed by atoms with Crippen LogP contribution in [-0.4, -0.2) is 42.7 Å². The molecule has 20 heavy (non-hydrogen) atoms. The summed E-state index contributed by atoms with van der Waals surface area (Å²) in [6.45, 7) is 2.80. The average molecular weight is 293 g/mol. The molecule has 1 unspecified atom stereocenters. The second kappa shape index (κ2) is 7.52. The van der Waals surface area contributed by atoms with Gasteiger partial charge in [0.25, 0.3) is 0 Å². The molecule has 1 atom stereocenters. The molecule has 0 heterocycles. The number of carbonyl (C=O) groups is 2. The highest BCUT2D eigenvalue weighted by Crippen LogP contribution is 2.44. The second-order valence-corrected chi connectivity index (χ2v) is 5.07. The number of carboxylic acids is 1. The van der Waals surface area contributed by atoms with Crippen molar-refractivity contribution in [2.75, 3.05) is 13.2 Å². The predicted octanol–water partition coefficient (Wildman–Crippen LogP) is 1.81. The van der Waals surface area contributed by atoms with Gasteiger partial charge < -0.3 is 15.2 Å². The molecular formula is C13H21F2NO4. The molecule has 0 aliphatic heterocycles. The number of amides is 1. The van der Waals surface area contributed by atoms with Crippen molar-refractivity contribution in [2.45, 2.75) is 51.5 Å². The summed E-state index contributed by atoms with van der Waals surface area (Å²) in [5.74, 6) is -1.88. The number of aliphatic carboxylic acids is 1. The quantitative estimate of drug-likeness (QED) is 0.636. The van der Waals surface area contributed by atoms with E-state index in [1.165, 1.54) is 0 Å². The lowest BCUT2D eigenvalue weighted by molar-refractivity contribution is -0.147. The lowest BCUT2D eigenvalue weighted by Crippen LogP contribution is -2.52. The molecule has 0 radical (unpaired) electrons. The summed E-state index contributed by atoms with van der Waals surface area (Å²) in [7, 11) is 0. The highest BCUT2D eigenvalue weighted by atomic mass is 19.3. The largest absolute Gasteiger partial charge is 0.480 e. The van der Waals surface area contributed by atoms with Crippen LogP contribution in [-0.2, 0) is 14.3 Å². The van der Waals surface area contributed by atoms with Gasteiger partial charge in [-0.2, -0.15) is 0 Å². The van der Waals surface area contributed by atoms with Gasteiger partial charge in [-0.3, -0.25) is 4.79 Å². The standard InChI is InChI=1S/C13H21F2NO4/c1-2-20-7-6-13(4-3-5-13)12(19)16-9(11(17)18)8-10(14)15/h9-10H,2-8H2,1H3,(H,16,19)(H,17,18). The van der Waals surface area contributed by atoms with E-state index in [4.69, 9.17) is 9.84 Å². The molecule has 1 saturated carbocycles. The van der Waals surface area contributed by atoms with E-state index in [0.29, 0.717) is 32.5 Å². The Morgan fingerprint density at radius 3 is 2.45 bits per heavy atom. The Hall–Kier alpha value is -1.24.